The molecule has 260 valence electrons. The highest BCUT2D eigenvalue weighted by molar-refractivity contribution is 7.54. The Morgan fingerprint density at radius 3 is 1.50 bits per heavy atom. The van der Waals surface area contributed by atoms with Crippen molar-refractivity contribution in [3.63, 3.8) is 0 Å². The molecule has 3 saturated heterocycles. The van der Waals surface area contributed by atoms with E-state index in [2.05, 4.69) is 0 Å². The summed E-state index contributed by atoms with van der Waals surface area (Å²) in [5, 5.41) is 0. The maximum absolute atomic E-state index is 13.2. The van der Waals surface area contributed by atoms with E-state index in [-0.39, 0.29) is 38.1 Å². The van der Waals surface area contributed by atoms with Crippen molar-refractivity contribution in [2.45, 2.75) is 134 Å². The van der Waals surface area contributed by atoms with Gasteiger partial charge in [0, 0.05) is 19.3 Å². The molecule has 4 N–H and O–H groups in total. The van der Waals surface area contributed by atoms with E-state index in [4.69, 9.17) is 36.8 Å². The molecule has 0 aromatic heterocycles. The van der Waals surface area contributed by atoms with Crippen LogP contribution in [0, 0.1) is 0 Å². The molecule has 3 fully saturated rings. The molecule has 3 rings (SSSR count). The maximum atomic E-state index is 13.2. The van der Waals surface area contributed by atoms with Gasteiger partial charge in [0.15, 0.2) is 0 Å². The van der Waals surface area contributed by atoms with Gasteiger partial charge in [-0.25, -0.2) is 4.57 Å². The van der Waals surface area contributed by atoms with Gasteiger partial charge in [-0.15, -0.1) is 0 Å². The highest BCUT2D eigenvalue weighted by Gasteiger charge is 2.47. The largest absolute Gasteiger partial charge is 0.472 e. The maximum Gasteiger partial charge on any atom is 0.472 e. The lowest BCUT2D eigenvalue weighted by atomic mass is 10.1. The minimum atomic E-state index is -4.77. The molecule has 4 unspecified atom stereocenters. The average Bonchev–Trinajstić information content (AvgIpc) is 3.50. The van der Waals surface area contributed by atoms with Crippen molar-refractivity contribution in [2.75, 3.05) is 19.4 Å². The lowest BCUT2D eigenvalue weighted by Crippen LogP contribution is -2.32. The quantitative estimate of drug-likeness (QED) is 0.164. The number of ether oxygens (including phenoxy) is 3. The molecule has 0 amide bonds. The van der Waals surface area contributed by atoms with E-state index in [9.17, 15) is 37.8 Å². The minimum absolute atomic E-state index is 0.115. The van der Waals surface area contributed by atoms with Crippen LogP contribution in [-0.4, -0.2) is 105 Å². The molecule has 0 spiro atoms. The molecular formula is C24H48O16P4. The molecule has 3 heterocycles. The molecule has 16 nitrogen and oxygen atoms in total. The topological polar surface area (TPSA) is 223 Å². The van der Waals surface area contributed by atoms with Crippen LogP contribution in [0.15, 0.2) is 0 Å². The third kappa shape index (κ3) is 11.3. The Morgan fingerprint density at radius 1 is 0.614 bits per heavy atom. The predicted molar refractivity (Wildman–Crippen MR) is 158 cm³/mol. The van der Waals surface area contributed by atoms with Crippen LogP contribution in [-0.2, 0) is 55.1 Å². The fourth-order valence-electron chi connectivity index (χ4n) is 5.04. The summed E-state index contributed by atoms with van der Waals surface area (Å²) in [6.07, 6.45) is -6.94. The fraction of sp³-hybridized carbons (Fsp3) is 1.00. The van der Waals surface area contributed by atoms with Crippen LogP contribution in [0.1, 0.15) is 67.7 Å². The number of rotatable bonds is 16. The zero-order valence-electron chi connectivity index (χ0n) is 26.1. The van der Waals surface area contributed by atoms with Crippen molar-refractivity contribution < 1.29 is 74.7 Å². The summed E-state index contributed by atoms with van der Waals surface area (Å²) in [6.45, 7) is 10.5. The van der Waals surface area contributed by atoms with E-state index in [0.717, 1.165) is 0 Å². The van der Waals surface area contributed by atoms with Crippen LogP contribution >= 0.6 is 30.6 Å². The van der Waals surface area contributed by atoms with Gasteiger partial charge in [0.05, 0.1) is 73.4 Å². The zero-order valence-corrected chi connectivity index (χ0v) is 29.6. The molecule has 0 aliphatic carbocycles. The highest BCUT2D eigenvalue weighted by atomic mass is 31.2. The van der Waals surface area contributed by atoms with Gasteiger partial charge in [-0.1, -0.05) is 27.7 Å². The van der Waals surface area contributed by atoms with Gasteiger partial charge in [0.1, 0.15) is 12.2 Å². The van der Waals surface area contributed by atoms with E-state index < -0.39 is 97.4 Å². The molecule has 3 aliphatic heterocycles. The van der Waals surface area contributed by atoms with Gasteiger partial charge in [-0.3, -0.25) is 22.7 Å². The zero-order chi connectivity index (χ0) is 33.3. The molecule has 20 heteroatoms. The van der Waals surface area contributed by atoms with Crippen LogP contribution in [0.25, 0.3) is 0 Å². The Kier molecular flexibility index (Phi) is 13.5. The van der Waals surface area contributed by atoms with Crippen LogP contribution in [0.2, 0.25) is 0 Å². The monoisotopic (exact) mass is 716 g/mol. The summed E-state index contributed by atoms with van der Waals surface area (Å²) in [6, 6.07) is 0. The average molecular weight is 717 g/mol. The standard InChI is InChI=1S/C24H48O16P4/c1-14(2)42(27,28)33-11-22-19(8-16(5)35-22)38-41(25,26)13-24-21(10-18(7)37-24)40-44(31,32)34-12-23-20(9-17(6)36-23)39-43(29,30)15(3)4/h14-24H,8-13H2,1-7H3,(H,25,26)(H,27,28)(H,29,30)(H,31,32)/t16-,17-,18-,19-,20-,21-,22+,23+,24+/m0/s1. The Balaban J connectivity index is 1.59. The van der Waals surface area contributed by atoms with Crippen molar-refractivity contribution in [1.82, 2.24) is 0 Å². The third-order valence-corrected chi connectivity index (χ3v) is 13.7. The van der Waals surface area contributed by atoms with Gasteiger partial charge in [0.2, 0.25) is 0 Å². The molecule has 13 atom stereocenters. The van der Waals surface area contributed by atoms with Gasteiger partial charge in [-0.2, -0.15) is 0 Å². The van der Waals surface area contributed by atoms with Gasteiger partial charge in [0.25, 0.3) is 0 Å². The van der Waals surface area contributed by atoms with Crippen LogP contribution in [0.5, 0.6) is 0 Å². The predicted octanol–water partition coefficient (Wildman–Crippen LogP) is 4.18. The SMILES string of the molecule is CC(C)P(=O)(O)OC[C@H]1O[C@@H](C)C[C@@H]1OP(=O)(O)C[C@H]1O[C@@H](C)C[C@@H]1OP(=O)(O)OC[C@H]1O[C@@H](C)C[C@@H]1OP(=O)(O)C(C)C. The molecule has 0 aromatic rings. The van der Waals surface area contributed by atoms with E-state index >= 15 is 0 Å². The van der Waals surface area contributed by atoms with Crippen molar-refractivity contribution in [1.29, 1.82) is 0 Å². The third-order valence-electron chi connectivity index (χ3n) is 7.55. The molecule has 0 aromatic carbocycles. The van der Waals surface area contributed by atoms with Crippen molar-refractivity contribution in [3.8, 4) is 0 Å². The second-order valence-electron chi connectivity index (χ2n) is 12.3. The lowest BCUT2D eigenvalue weighted by Gasteiger charge is -2.27. The molecular weight excluding hydrogens is 668 g/mol. The van der Waals surface area contributed by atoms with E-state index in [1.165, 1.54) is 27.7 Å². The first-order valence-corrected chi connectivity index (χ1v) is 21.2. The first-order valence-electron chi connectivity index (χ1n) is 14.7. The van der Waals surface area contributed by atoms with Crippen molar-refractivity contribution in [3.05, 3.63) is 0 Å². The fourth-order valence-corrected chi connectivity index (χ4v) is 9.02. The molecule has 0 saturated carbocycles. The highest BCUT2D eigenvalue weighted by Crippen LogP contribution is 2.54. The molecule has 44 heavy (non-hydrogen) atoms. The minimum Gasteiger partial charge on any atom is -0.372 e. The summed E-state index contributed by atoms with van der Waals surface area (Å²) < 4.78 is 94.4. The van der Waals surface area contributed by atoms with E-state index in [0.29, 0.717) is 0 Å². The molecule has 3 aliphatic rings. The normalized spacial score (nSPS) is 38.4. The van der Waals surface area contributed by atoms with Crippen molar-refractivity contribution in [2.24, 2.45) is 0 Å². The van der Waals surface area contributed by atoms with Crippen LogP contribution < -0.4 is 0 Å². The number of hydrogen-bond acceptors (Lipinski definition) is 12. The summed E-state index contributed by atoms with van der Waals surface area (Å²) in [4.78, 5) is 41.3. The smallest absolute Gasteiger partial charge is 0.372 e. The number of hydrogen-bond donors (Lipinski definition) is 4. The van der Waals surface area contributed by atoms with Gasteiger partial charge in [-0.05, 0) is 20.8 Å². The number of phosphoric ester groups is 1. The Morgan fingerprint density at radius 2 is 1.02 bits per heavy atom. The Hall–Kier alpha value is 0.440. The summed E-state index contributed by atoms with van der Waals surface area (Å²) in [7, 11) is -17.0. The van der Waals surface area contributed by atoms with Gasteiger partial charge >= 0.3 is 30.6 Å². The Labute approximate surface area is 258 Å². The van der Waals surface area contributed by atoms with E-state index in [1.807, 2.05) is 0 Å². The van der Waals surface area contributed by atoms with E-state index in [1.54, 1.807) is 20.8 Å². The molecule has 0 bridgehead atoms. The van der Waals surface area contributed by atoms with Crippen LogP contribution in [0.3, 0.4) is 0 Å². The molecule has 0 radical (unpaired) electrons. The summed E-state index contributed by atoms with van der Waals surface area (Å²) in [5.41, 5.74) is -1.31. The second-order valence-corrected chi connectivity index (χ2v) is 20.3. The first-order chi connectivity index (χ1) is 20.1. The number of phosphoric acid groups is 1. The van der Waals surface area contributed by atoms with Crippen LogP contribution in [0.4, 0.5) is 0 Å². The lowest BCUT2D eigenvalue weighted by molar-refractivity contribution is -0.0232. The van der Waals surface area contributed by atoms with Crippen molar-refractivity contribution >= 4 is 30.6 Å². The van der Waals surface area contributed by atoms with Gasteiger partial charge < -0.3 is 47.4 Å². The first kappa shape index (κ1) is 38.9. The summed E-state index contributed by atoms with van der Waals surface area (Å²) in [5.74, 6) is 0. The summed E-state index contributed by atoms with van der Waals surface area (Å²) >= 11 is 0. The second kappa shape index (κ2) is 15.3. The Bertz CT molecular complexity index is 1150.